The Morgan fingerprint density at radius 2 is 1.84 bits per heavy atom. The van der Waals surface area contributed by atoms with Crippen LogP contribution < -0.4 is 21.5 Å². The fourth-order valence-corrected chi connectivity index (χ4v) is 4.46. The maximum Gasteiger partial charge on any atom is 0.180 e. The summed E-state index contributed by atoms with van der Waals surface area (Å²) >= 11 is 0. The van der Waals surface area contributed by atoms with E-state index in [-0.39, 0.29) is 34.5 Å². The number of hydrogen-bond donors (Lipinski definition) is 0. The Morgan fingerprint density at radius 3 is 2.58 bits per heavy atom. The summed E-state index contributed by atoms with van der Waals surface area (Å²) in [5.41, 5.74) is 7.37. The van der Waals surface area contributed by atoms with Gasteiger partial charge in [-0.15, -0.1) is 0 Å². The number of ketones is 2. The second kappa shape index (κ2) is 9.69. The molecule has 0 bridgehead atoms. The molecule has 1 aromatic heterocycles. The maximum absolute atomic E-state index is 13.1. The van der Waals surface area contributed by atoms with E-state index in [1.54, 1.807) is 6.92 Å². The van der Waals surface area contributed by atoms with Gasteiger partial charge in [-0.3, -0.25) is 9.59 Å². The molecule has 1 atom stereocenters. The zero-order chi connectivity index (χ0) is 21.3. The standard InChI is InChI=1S/C27H28NO2.BrH/c1-18-8-11-25-21(14-18)9-10-23(27(25)30)15-22-12-13-28(17-26(22)20(3)29)16-24-7-5-4-6-19(24)2;/h4-8,11-14,17,23H,9-10,15-16H2,1-3H3;1H/q+1;/p-1. The van der Waals surface area contributed by atoms with Crippen molar-refractivity contribution in [3.8, 4) is 0 Å². The van der Waals surface area contributed by atoms with Gasteiger partial charge in [0.15, 0.2) is 30.5 Å². The quantitative estimate of drug-likeness (QED) is 0.415. The molecule has 1 unspecified atom stereocenters. The van der Waals surface area contributed by atoms with E-state index < -0.39 is 0 Å². The van der Waals surface area contributed by atoms with Crippen LogP contribution in [0.25, 0.3) is 0 Å². The molecule has 1 aliphatic carbocycles. The molecule has 0 N–H and O–H groups in total. The third-order valence-corrected chi connectivity index (χ3v) is 6.23. The highest BCUT2D eigenvalue weighted by Gasteiger charge is 2.29. The fourth-order valence-electron chi connectivity index (χ4n) is 4.46. The summed E-state index contributed by atoms with van der Waals surface area (Å²) in [4.78, 5) is 25.5. The van der Waals surface area contributed by atoms with E-state index in [1.165, 1.54) is 16.7 Å². The average molecular weight is 478 g/mol. The van der Waals surface area contributed by atoms with Crippen LogP contribution in [0.4, 0.5) is 0 Å². The topological polar surface area (TPSA) is 38.0 Å². The van der Waals surface area contributed by atoms with Gasteiger partial charge in [-0.05, 0) is 56.7 Å². The average Bonchev–Trinajstić information content (AvgIpc) is 2.72. The third-order valence-electron chi connectivity index (χ3n) is 6.23. The lowest BCUT2D eigenvalue weighted by atomic mass is 9.79. The molecule has 0 aliphatic heterocycles. The minimum absolute atomic E-state index is 0. The summed E-state index contributed by atoms with van der Waals surface area (Å²) in [5.74, 6) is 0.191. The Hall–Kier alpha value is -2.59. The van der Waals surface area contributed by atoms with Gasteiger partial charge in [0.25, 0.3) is 0 Å². The number of benzene rings is 2. The first-order valence-corrected chi connectivity index (χ1v) is 10.6. The van der Waals surface area contributed by atoms with Gasteiger partial charge in [0.2, 0.25) is 0 Å². The van der Waals surface area contributed by atoms with Crippen molar-refractivity contribution in [1.29, 1.82) is 0 Å². The summed E-state index contributed by atoms with van der Waals surface area (Å²) < 4.78 is 2.06. The first-order valence-electron chi connectivity index (χ1n) is 10.6. The molecule has 1 aliphatic rings. The Bertz CT molecular complexity index is 1140. The molecule has 160 valence electrons. The van der Waals surface area contributed by atoms with Gasteiger partial charge in [0.05, 0.1) is 5.56 Å². The molecule has 1 heterocycles. The fraction of sp³-hybridized carbons (Fsp3) is 0.296. The molecule has 0 spiro atoms. The van der Waals surface area contributed by atoms with E-state index in [0.717, 1.165) is 36.1 Å². The zero-order valence-electron chi connectivity index (χ0n) is 18.3. The second-order valence-electron chi connectivity index (χ2n) is 8.50. The van der Waals surface area contributed by atoms with E-state index in [4.69, 9.17) is 0 Å². The van der Waals surface area contributed by atoms with E-state index >= 15 is 0 Å². The van der Waals surface area contributed by atoms with Gasteiger partial charge < -0.3 is 17.0 Å². The van der Waals surface area contributed by atoms with Crippen LogP contribution in [0.2, 0.25) is 0 Å². The molecule has 31 heavy (non-hydrogen) atoms. The van der Waals surface area contributed by atoms with Crippen LogP contribution in [0.3, 0.4) is 0 Å². The predicted molar refractivity (Wildman–Crippen MR) is 118 cm³/mol. The van der Waals surface area contributed by atoms with Crippen LogP contribution in [0.5, 0.6) is 0 Å². The van der Waals surface area contributed by atoms with Gasteiger partial charge in [-0.2, -0.15) is 0 Å². The summed E-state index contributed by atoms with van der Waals surface area (Å²) in [5, 5.41) is 0. The van der Waals surface area contributed by atoms with Crippen LogP contribution >= 0.6 is 0 Å². The number of halogens is 1. The monoisotopic (exact) mass is 477 g/mol. The molecule has 4 rings (SSSR count). The normalized spacial score (nSPS) is 15.2. The molecular weight excluding hydrogens is 450 g/mol. The van der Waals surface area contributed by atoms with Gasteiger partial charge in [0, 0.05) is 23.1 Å². The first-order chi connectivity index (χ1) is 14.4. The number of nitrogens with zero attached hydrogens (tertiary/aromatic N) is 1. The molecule has 3 aromatic rings. The van der Waals surface area contributed by atoms with Gasteiger partial charge in [-0.25, -0.2) is 4.57 Å². The number of aromatic nitrogens is 1. The van der Waals surface area contributed by atoms with E-state index in [1.807, 2.05) is 42.7 Å². The van der Waals surface area contributed by atoms with Crippen molar-refractivity contribution in [2.45, 2.75) is 46.6 Å². The number of hydrogen-bond acceptors (Lipinski definition) is 2. The lowest BCUT2D eigenvalue weighted by Gasteiger charge is -2.24. The predicted octanol–water partition coefficient (Wildman–Crippen LogP) is 1.83. The molecule has 3 nitrogen and oxygen atoms in total. The van der Waals surface area contributed by atoms with E-state index in [2.05, 4.69) is 36.6 Å². The van der Waals surface area contributed by atoms with Crippen molar-refractivity contribution >= 4 is 11.6 Å². The molecule has 0 saturated carbocycles. The number of pyridine rings is 1. The van der Waals surface area contributed by atoms with Gasteiger partial charge >= 0.3 is 0 Å². The molecule has 2 aromatic carbocycles. The molecular formula is C27H28BrNO2. The van der Waals surface area contributed by atoms with Gasteiger partial charge in [-0.1, -0.05) is 48.0 Å². The SMILES string of the molecule is CC(=O)c1c[n+](Cc2ccccc2C)ccc1CC1CCc2cc(C)ccc2C1=O.[Br-]. The van der Waals surface area contributed by atoms with Crippen molar-refractivity contribution < 1.29 is 31.1 Å². The Labute approximate surface area is 194 Å². The molecule has 4 heteroatoms. The molecule has 0 radical (unpaired) electrons. The second-order valence-corrected chi connectivity index (χ2v) is 8.50. The summed E-state index contributed by atoms with van der Waals surface area (Å²) in [6.45, 7) is 6.50. The third kappa shape index (κ3) is 5.01. The summed E-state index contributed by atoms with van der Waals surface area (Å²) in [6, 6.07) is 16.4. The lowest BCUT2D eigenvalue weighted by molar-refractivity contribution is -0.688. The van der Waals surface area contributed by atoms with Crippen molar-refractivity contribution in [1.82, 2.24) is 0 Å². The summed E-state index contributed by atoms with van der Waals surface area (Å²) in [6.07, 6.45) is 6.34. The van der Waals surface area contributed by atoms with E-state index in [9.17, 15) is 9.59 Å². The number of carbonyl (C=O) groups excluding carboxylic acids is 2. The van der Waals surface area contributed by atoms with Gasteiger partial charge in [0.1, 0.15) is 0 Å². The van der Waals surface area contributed by atoms with Crippen LogP contribution in [-0.2, 0) is 19.4 Å². The highest BCUT2D eigenvalue weighted by molar-refractivity contribution is 6.01. The smallest absolute Gasteiger partial charge is 0.180 e. The van der Waals surface area contributed by atoms with Crippen molar-refractivity contribution in [3.63, 3.8) is 0 Å². The Balaban J connectivity index is 0.00000272. The number of Topliss-reactive ketones (excluding diaryl/α,β-unsaturated/α-hetero) is 2. The Kier molecular flexibility index (Phi) is 7.22. The van der Waals surface area contributed by atoms with Crippen LogP contribution in [0.15, 0.2) is 60.9 Å². The first kappa shape index (κ1) is 23.1. The molecule has 0 amide bonds. The van der Waals surface area contributed by atoms with Crippen LogP contribution in [0, 0.1) is 19.8 Å². The number of fused-ring (bicyclic) bond motifs is 1. The highest BCUT2D eigenvalue weighted by Crippen LogP contribution is 2.29. The number of rotatable bonds is 5. The van der Waals surface area contributed by atoms with Crippen LogP contribution in [-0.4, -0.2) is 11.6 Å². The Morgan fingerprint density at radius 1 is 1.06 bits per heavy atom. The minimum atomic E-state index is -0.0643. The molecule has 0 saturated heterocycles. The summed E-state index contributed by atoms with van der Waals surface area (Å²) in [7, 11) is 0. The molecule has 0 fully saturated rings. The van der Waals surface area contributed by atoms with Crippen molar-refractivity contribution in [2.75, 3.05) is 0 Å². The van der Waals surface area contributed by atoms with Crippen molar-refractivity contribution in [3.05, 3.63) is 99.9 Å². The maximum atomic E-state index is 13.1. The van der Waals surface area contributed by atoms with E-state index in [0.29, 0.717) is 12.0 Å². The van der Waals surface area contributed by atoms with Crippen LogP contribution in [0.1, 0.15) is 61.9 Å². The zero-order valence-corrected chi connectivity index (χ0v) is 19.9. The highest BCUT2D eigenvalue weighted by atomic mass is 79.9. The number of carbonyl (C=O) groups is 2. The number of aryl methyl sites for hydroxylation is 3. The largest absolute Gasteiger partial charge is 1.00 e. The lowest BCUT2D eigenvalue weighted by Crippen LogP contribution is -3.00. The van der Waals surface area contributed by atoms with Crippen molar-refractivity contribution in [2.24, 2.45) is 5.92 Å². The minimum Gasteiger partial charge on any atom is -1.00 e.